The summed E-state index contributed by atoms with van der Waals surface area (Å²) in [7, 11) is 0. The van der Waals surface area contributed by atoms with Gasteiger partial charge in [-0.1, -0.05) is 49.0 Å². The highest BCUT2D eigenvalue weighted by atomic mass is 32.2. The molecule has 0 saturated carbocycles. The van der Waals surface area contributed by atoms with E-state index in [9.17, 15) is 0 Å². The van der Waals surface area contributed by atoms with E-state index < -0.39 is 0 Å². The van der Waals surface area contributed by atoms with Crippen molar-refractivity contribution < 1.29 is 0 Å². The fourth-order valence-corrected chi connectivity index (χ4v) is 2.79. The third-order valence-corrected chi connectivity index (χ3v) is 4.25. The van der Waals surface area contributed by atoms with Crippen LogP contribution >= 0.6 is 11.8 Å². The summed E-state index contributed by atoms with van der Waals surface area (Å²) in [4.78, 5) is 4.61. The van der Waals surface area contributed by atoms with E-state index in [1.165, 1.54) is 5.56 Å². The highest BCUT2D eigenvalue weighted by molar-refractivity contribution is 8.14. The Bertz CT molecular complexity index is 375. The van der Waals surface area contributed by atoms with Crippen LogP contribution in [0.5, 0.6) is 0 Å². The zero-order chi connectivity index (χ0) is 11.4. The smallest absolute Gasteiger partial charge is 0.157 e. The van der Waals surface area contributed by atoms with Crippen LogP contribution in [0.3, 0.4) is 0 Å². The van der Waals surface area contributed by atoms with Gasteiger partial charge in [0.05, 0.1) is 6.54 Å². The second kappa shape index (κ2) is 4.91. The Morgan fingerprint density at radius 3 is 2.75 bits per heavy atom. The molecule has 1 aliphatic rings. The first-order valence-corrected chi connectivity index (χ1v) is 6.70. The average Bonchev–Trinajstić information content (AvgIpc) is 2.71. The van der Waals surface area contributed by atoms with Gasteiger partial charge in [0.15, 0.2) is 5.17 Å². The number of nitrogens with one attached hydrogen (secondary N) is 1. The molecule has 1 fully saturated rings. The van der Waals surface area contributed by atoms with Crippen molar-refractivity contribution in [3.05, 3.63) is 35.9 Å². The van der Waals surface area contributed by atoms with Crippen molar-refractivity contribution in [3.8, 4) is 0 Å². The number of thioether (sulfide) groups is 1. The minimum absolute atomic E-state index is 0.236. The molecular formula is C13H18N2S. The second-order valence-corrected chi connectivity index (χ2v) is 5.40. The number of hydrogen-bond acceptors (Lipinski definition) is 2. The summed E-state index contributed by atoms with van der Waals surface area (Å²) in [6.07, 6.45) is 1.14. The molecule has 0 radical (unpaired) electrons. The summed E-state index contributed by atoms with van der Waals surface area (Å²) >= 11 is 1.83. The van der Waals surface area contributed by atoms with Gasteiger partial charge in [0.1, 0.15) is 0 Å². The molecule has 1 saturated heterocycles. The van der Waals surface area contributed by atoms with Crippen molar-refractivity contribution in [1.82, 2.24) is 5.32 Å². The molecule has 1 aromatic rings. The maximum Gasteiger partial charge on any atom is 0.157 e. The van der Waals surface area contributed by atoms with E-state index in [1.54, 1.807) is 0 Å². The molecule has 1 unspecified atom stereocenters. The first-order valence-electron chi connectivity index (χ1n) is 5.71. The van der Waals surface area contributed by atoms with Crippen molar-refractivity contribution in [3.63, 3.8) is 0 Å². The maximum absolute atomic E-state index is 4.61. The molecule has 86 valence electrons. The summed E-state index contributed by atoms with van der Waals surface area (Å²) in [6.45, 7) is 5.24. The SMILES string of the molecule is CCC1(C)CSC(=NCc2ccccc2)N1. The molecule has 2 rings (SSSR count). The van der Waals surface area contributed by atoms with Gasteiger partial charge in [-0.25, -0.2) is 0 Å². The zero-order valence-electron chi connectivity index (χ0n) is 9.86. The molecule has 0 amide bonds. The van der Waals surface area contributed by atoms with E-state index in [0.29, 0.717) is 0 Å². The quantitative estimate of drug-likeness (QED) is 0.869. The lowest BCUT2D eigenvalue weighted by Crippen LogP contribution is -2.39. The molecule has 1 heterocycles. The Morgan fingerprint density at radius 2 is 2.12 bits per heavy atom. The van der Waals surface area contributed by atoms with Crippen LogP contribution in [0.15, 0.2) is 35.3 Å². The van der Waals surface area contributed by atoms with E-state index in [1.807, 2.05) is 17.8 Å². The topological polar surface area (TPSA) is 24.4 Å². The molecule has 1 aromatic carbocycles. The number of amidine groups is 1. The molecule has 0 aliphatic carbocycles. The monoisotopic (exact) mass is 234 g/mol. The molecule has 0 aromatic heterocycles. The molecule has 16 heavy (non-hydrogen) atoms. The molecule has 3 heteroatoms. The van der Waals surface area contributed by atoms with Crippen LogP contribution in [0.1, 0.15) is 25.8 Å². The lowest BCUT2D eigenvalue weighted by molar-refractivity contribution is 0.466. The highest BCUT2D eigenvalue weighted by Crippen LogP contribution is 2.25. The van der Waals surface area contributed by atoms with Crippen LogP contribution in [0.2, 0.25) is 0 Å². The Balaban J connectivity index is 1.95. The summed E-state index contributed by atoms with van der Waals surface area (Å²) < 4.78 is 0. The third kappa shape index (κ3) is 2.79. The minimum atomic E-state index is 0.236. The van der Waals surface area contributed by atoms with Crippen LogP contribution in [-0.4, -0.2) is 16.5 Å². The zero-order valence-corrected chi connectivity index (χ0v) is 10.7. The largest absolute Gasteiger partial charge is 0.359 e. The van der Waals surface area contributed by atoms with Gasteiger partial charge in [0.2, 0.25) is 0 Å². The van der Waals surface area contributed by atoms with Gasteiger partial charge in [-0.05, 0) is 18.9 Å². The van der Waals surface area contributed by atoms with E-state index in [-0.39, 0.29) is 5.54 Å². The lowest BCUT2D eigenvalue weighted by atomic mass is 10.0. The summed E-state index contributed by atoms with van der Waals surface area (Å²) in [6, 6.07) is 10.4. The molecule has 1 atom stereocenters. The van der Waals surface area contributed by atoms with Crippen LogP contribution in [0.4, 0.5) is 0 Å². The first kappa shape index (κ1) is 11.5. The average molecular weight is 234 g/mol. The molecule has 2 nitrogen and oxygen atoms in total. The Hall–Kier alpha value is -0.960. The predicted octanol–water partition coefficient (Wildman–Crippen LogP) is 3.05. The summed E-state index contributed by atoms with van der Waals surface area (Å²) in [5.41, 5.74) is 1.50. The molecule has 1 aliphatic heterocycles. The first-order chi connectivity index (χ1) is 7.72. The van der Waals surface area contributed by atoms with Crippen LogP contribution in [-0.2, 0) is 6.54 Å². The Morgan fingerprint density at radius 1 is 1.38 bits per heavy atom. The van der Waals surface area contributed by atoms with Crippen LogP contribution < -0.4 is 5.32 Å². The highest BCUT2D eigenvalue weighted by Gasteiger charge is 2.30. The van der Waals surface area contributed by atoms with Gasteiger partial charge in [0, 0.05) is 11.3 Å². The number of hydrogen-bond donors (Lipinski definition) is 1. The summed E-state index contributed by atoms with van der Waals surface area (Å²) in [5.74, 6) is 1.12. The minimum Gasteiger partial charge on any atom is -0.359 e. The van der Waals surface area contributed by atoms with Gasteiger partial charge in [-0.3, -0.25) is 4.99 Å². The van der Waals surface area contributed by atoms with Crippen molar-refractivity contribution >= 4 is 16.9 Å². The van der Waals surface area contributed by atoms with Crippen LogP contribution in [0.25, 0.3) is 0 Å². The lowest BCUT2D eigenvalue weighted by Gasteiger charge is -2.20. The Labute approximate surface area is 102 Å². The maximum atomic E-state index is 4.61. The fraction of sp³-hybridized carbons (Fsp3) is 0.462. The van der Waals surface area contributed by atoms with Crippen molar-refractivity contribution in [2.45, 2.75) is 32.4 Å². The van der Waals surface area contributed by atoms with E-state index >= 15 is 0 Å². The van der Waals surface area contributed by atoms with Crippen molar-refractivity contribution in [1.29, 1.82) is 0 Å². The third-order valence-electron chi connectivity index (χ3n) is 2.96. The van der Waals surface area contributed by atoms with Crippen molar-refractivity contribution in [2.75, 3.05) is 5.75 Å². The fourth-order valence-electron chi connectivity index (χ4n) is 1.58. The van der Waals surface area contributed by atoms with Gasteiger partial charge in [-0.2, -0.15) is 0 Å². The number of nitrogens with zero attached hydrogens (tertiary/aromatic N) is 1. The van der Waals surface area contributed by atoms with Crippen molar-refractivity contribution in [2.24, 2.45) is 4.99 Å². The molecule has 0 spiro atoms. The summed E-state index contributed by atoms with van der Waals surface area (Å²) in [5, 5.41) is 4.59. The standard InChI is InChI=1S/C13H18N2S/c1-3-13(2)10-16-12(15-13)14-9-11-7-5-4-6-8-11/h4-8H,3,9-10H2,1-2H3,(H,14,15). The van der Waals surface area contributed by atoms with E-state index in [0.717, 1.165) is 23.9 Å². The molecule has 0 bridgehead atoms. The van der Waals surface area contributed by atoms with Gasteiger partial charge in [-0.15, -0.1) is 0 Å². The van der Waals surface area contributed by atoms with Crippen LogP contribution in [0, 0.1) is 0 Å². The predicted molar refractivity (Wildman–Crippen MR) is 71.9 cm³/mol. The van der Waals surface area contributed by atoms with Gasteiger partial charge >= 0.3 is 0 Å². The number of benzene rings is 1. The van der Waals surface area contributed by atoms with E-state index in [4.69, 9.17) is 0 Å². The van der Waals surface area contributed by atoms with E-state index in [2.05, 4.69) is 48.4 Å². The van der Waals surface area contributed by atoms with Gasteiger partial charge < -0.3 is 5.32 Å². The van der Waals surface area contributed by atoms with Gasteiger partial charge in [0.25, 0.3) is 0 Å². The Kier molecular flexibility index (Phi) is 3.54. The number of rotatable bonds is 3. The molecule has 1 N–H and O–H groups in total. The number of aliphatic imine (C=N–C) groups is 1. The second-order valence-electron chi connectivity index (χ2n) is 4.43. The molecular weight excluding hydrogens is 216 g/mol. The normalized spacial score (nSPS) is 27.0.